The SMILES string of the molecule is Cc1c(C(=O)O)sc2ncnc(N(CC#N)CC#N)c12. The van der Waals surface area contributed by atoms with E-state index in [0.717, 1.165) is 11.3 Å². The minimum atomic E-state index is -1.02. The molecule has 2 heterocycles. The summed E-state index contributed by atoms with van der Waals surface area (Å²) < 4.78 is 0. The molecule has 0 atom stereocenters. The lowest BCUT2D eigenvalue weighted by molar-refractivity contribution is 0.0701. The molecule has 0 fully saturated rings. The highest BCUT2D eigenvalue weighted by Gasteiger charge is 2.21. The number of carboxylic acids is 1. The van der Waals surface area contributed by atoms with E-state index < -0.39 is 5.97 Å². The Morgan fingerprint density at radius 2 is 2.05 bits per heavy atom. The highest BCUT2D eigenvalue weighted by atomic mass is 32.1. The molecule has 0 unspecified atom stereocenters. The fraction of sp³-hybridized carbons (Fsp3) is 0.250. The Hall–Kier alpha value is -2.71. The van der Waals surface area contributed by atoms with Crippen LogP contribution in [0.2, 0.25) is 0 Å². The number of hydrogen-bond donors (Lipinski definition) is 1. The number of fused-ring (bicyclic) bond motifs is 1. The van der Waals surface area contributed by atoms with Crippen LogP contribution in [-0.4, -0.2) is 34.1 Å². The van der Waals surface area contributed by atoms with Gasteiger partial charge in [0.05, 0.1) is 17.5 Å². The Morgan fingerprint density at radius 1 is 1.40 bits per heavy atom. The number of rotatable bonds is 4. The van der Waals surface area contributed by atoms with Gasteiger partial charge in [-0.2, -0.15) is 10.5 Å². The van der Waals surface area contributed by atoms with Crippen molar-refractivity contribution in [2.24, 2.45) is 0 Å². The minimum Gasteiger partial charge on any atom is -0.477 e. The first-order valence-corrected chi connectivity index (χ1v) is 6.38. The molecule has 0 saturated carbocycles. The van der Waals surface area contributed by atoms with E-state index in [4.69, 9.17) is 15.6 Å². The van der Waals surface area contributed by atoms with E-state index >= 15 is 0 Å². The van der Waals surface area contributed by atoms with Crippen LogP contribution in [0.4, 0.5) is 5.82 Å². The van der Waals surface area contributed by atoms with Crippen molar-refractivity contribution in [1.29, 1.82) is 10.5 Å². The first-order chi connectivity index (χ1) is 9.60. The van der Waals surface area contributed by atoms with Gasteiger partial charge in [0.1, 0.15) is 34.9 Å². The molecule has 0 saturated heterocycles. The monoisotopic (exact) mass is 287 g/mol. The van der Waals surface area contributed by atoms with E-state index in [1.165, 1.54) is 11.2 Å². The summed E-state index contributed by atoms with van der Waals surface area (Å²) in [5.41, 5.74) is 0.550. The number of hydrogen-bond acceptors (Lipinski definition) is 7. The van der Waals surface area contributed by atoms with Crippen molar-refractivity contribution in [2.45, 2.75) is 6.92 Å². The van der Waals surface area contributed by atoms with Gasteiger partial charge in [0.25, 0.3) is 0 Å². The molecule has 2 rings (SSSR count). The smallest absolute Gasteiger partial charge is 0.346 e. The van der Waals surface area contributed by atoms with Gasteiger partial charge < -0.3 is 10.0 Å². The Kier molecular flexibility index (Phi) is 3.78. The molecule has 0 aromatic carbocycles. The van der Waals surface area contributed by atoms with Gasteiger partial charge >= 0.3 is 5.97 Å². The van der Waals surface area contributed by atoms with Crippen LogP contribution in [0.5, 0.6) is 0 Å². The molecule has 2 aromatic heterocycles. The largest absolute Gasteiger partial charge is 0.477 e. The van der Waals surface area contributed by atoms with Crippen LogP contribution in [0.3, 0.4) is 0 Å². The number of carbonyl (C=O) groups is 1. The highest BCUT2D eigenvalue weighted by molar-refractivity contribution is 7.20. The van der Waals surface area contributed by atoms with Crippen molar-refractivity contribution in [3.05, 3.63) is 16.8 Å². The van der Waals surface area contributed by atoms with E-state index in [0.29, 0.717) is 21.6 Å². The van der Waals surface area contributed by atoms with Crippen LogP contribution in [0.15, 0.2) is 6.33 Å². The number of thiophene rings is 1. The molecular formula is C12H9N5O2S. The van der Waals surface area contributed by atoms with Gasteiger partial charge in [-0.05, 0) is 12.5 Å². The summed E-state index contributed by atoms with van der Waals surface area (Å²) in [6.07, 6.45) is 1.31. The first-order valence-electron chi connectivity index (χ1n) is 5.56. The van der Waals surface area contributed by atoms with Gasteiger partial charge in [-0.15, -0.1) is 11.3 Å². The predicted octanol–water partition coefficient (Wildman–Crippen LogP) is 1.55. The minimum absolute atomic E-state index is 0.00261. The second kappa shape index (κ2) is 5.51. The van der Waals surface area contributed by atoms with E-state index in [1.807, 2.05) is 12.1 Å². The van der Waals surface area contributed by atoms with E-state index in [1.54, 1.807) is 6.92 Å². The third-order valence-corrected chi connectivity index (χ3v) is 3.91. The molecule has 0 bridgehead atoms. The van der Waals surface area contributed by atoms with Crippen LogP contribution in [-0.2, 0) is 0 Å². The zero-order valence-corrected chi connectivity index (χ0v) is 11.3. The van der Waals surface area contributed by atoms with Gasteiger partial charge in [0.15, 0.2) is 0 Å². The molecule has 0 aliphatic rings. The van der Waals surface area contributed by atoms with Crippen LogP contribution < -0.4 is 4.90 Å². The quantitative estimate of drug-likeness (QED) is 0.848. The summed E-state index contributed by atoms with van der Waals surface area (Å²) >= 11 is 1.06. The van der Waals surface area contributed by atoms with Gasteiger partial charge in [0, 0.05) is 0 Å². The molecule has 0 radical (unpaired) electrons. The molecule has 8 heteroatoms. The lowest BCUT2D eigenvalue weighted by Crippen LogP contribution is -2.25. The highest BCUT2D eigenvalue weighted by Crippen LogP contribution is 2.34. The summed E-state index contributed by atoms with van der Waals surface area (Å²) in [7, 11) is 0. The summed E-state index contributed by atoms with van der Waals surface area (Å²) in [5.74, 6) is -0.608. The standard InChI is InChI=1S/C12H9N5O2S/c1-7-8-10(17(4-2-13)5-3-14)15-6-16-11(8)20-9(7)12(18)19/h6H,4-5H2,1H3,(H,18,19). The average Bonchev–Trinajstić information content (AvgIpc) is 2.76. The maximum absolute atomic E-state index is 11.2. The van der Waals surface area contributed by atoms with Gasteiger partial charge in [-0.1, -0.05) is 0 Å². The molecular weight excluding hydrogens is 278 g/mol. The zero-order chi connectivity index (χ0) is 14.7. The van der Waals surface area contributed by atoms with Crippen LogP contribution >= 0.6 is 11.3 Å². The van der Waals surface area contributed by atoms with Crippen molar-refractivity contribution in [3.8, 4) is 12.1 Å². The lowest BCUT2D eigenvalue weighted by atomic mass is 10.2. The van der Waals surface area contributed by atoms with Gasteiger partial charge in [-0.25, -0.2) is 14.8 Å². The third kappa shape index (κ3) is 2.25. The molecule has 2 aromatic rings. The first kappa shape index (κ1) is 13.7. The molecule has 100 valence electrons. The predicted molar refractivity (Wildman–Crippen MR) is 72.6 cm³/mol. The second-order valence-corrected chi connectivity index (χ2v) is 4.91. The molecule has 0 spiro atoms. The number of carboxylic acid groups (broad SMARTS) is 1. The number of aromatic carboxylic acids is 1. The van der Waals surface area contributed by atoms with Crippen molar-refractivity contribution in [3.63, 3.8) is 0 Å². The van der Waals surface area contributed by atoms with E-state index in [9.17, 15) is 4.79 Å². The number of aryl methyl sites for hydroxylation is 1. The fourth-order valence-electron chi connectivity index (χ4n) is 1.87. The molecule has 0 aliphatic heterocycles. The summed E-state index contributed by atoms with van der Waals surface area (Å²) in [4.78, 5) is 21.6. The van der Waals surface area contributed by atoms with E-state index in [-0.39, 0.29) is 18.0 Å². The van der Waals surface area contributed by atoms with Gasteiger partial charge in [-0.3, -0.25) is 0 Å². The van der Waals surface area contributed by atoms with E-state index in [2.05, 4.69) is 9.97 Å². The molecule has 1 N–H and O–H groups in total. The molecule has 0 amide bonds. The number of aromatic nitrogens is 2. The maximum atomic E-state index is 11.2. The Balaban J connectivity index is 2.68. The number of nitriles is 2. The molecule has 0 aliphatic carbocycles. The van der Waals surface area contributed by atoms with Crippen LogP contribution in [0, 0.1) is 29.6 Å². The summed E-state index contributed by atoms with van der Waals surface area (Å²) in [6, 6.07) is 3.93. The Morgan fingerprint density at radius 3 is 2.60 bits per heavy atom. The van der Waals surface area contributed by atoms with Gasteiger partial charge in [0.2, 0.25) is 0 Å². The van der Waals surface area contributed by atoms with Crippen molar-refractivity contribution < 1.29 is 9.90 Å². The van der Waals surface area contributed by atoms with Crippen LogP contribution in [0.25, 0.3) is 10.2 Å². The van der Waals surface area contributed by atoms with Crippen molar-refractivity contribution >= 4 is 33.3 Å². The number of anilines is 1. The zero-order valence-electron chi connectivity index (χ0n) is 10.5. The summed E-state index contributed by atoms with van der Waals surface area (Å²) in [5, 5.41) is 27.4. The topological polar surface area (TPSA) is 114 Å². The Bertz CT molecular complexity index is 740. The number of nitrogens with zero attached hydrogens (tertiary/aromatic N) is 5. The normalized spacial score (nSPS) is 9.95. The Labute approximate surface area is 118 Å². The van der Waals surface area contributed by atoms with Crippen LogP contribution in [0.1, 0.15) is 15.2 Å². The van der Waals surface area contributed by atoms with Crippen molar-refractivity contribution in [1.82, 2.24) is 9.97 Å². The second-order valence-electron chi connectivity index (χ2n) is 3.91. The maximum Gasteiger partial charge on any atom is 0.346 e. The third-order valence-electron chi connectivity index (χ3n) is 2.72. The lowest BCUT2D eigenvalue weighted by Gasteiger charge is -2.17. The van der Waals surface area contributed by atoms with Crippen molar-refractivity contribution in [2.75, 3.05) is 18.0 Å². The summed E-state index contributed by atoms with van der Waals surface area (Å²) in [6.45, 7) is 1.67. The average molecular weight is 287 g/mol. The molecule has 20 heavy (non-hydrogen) atoms. The molecule has 7 nitrogen and oxygen atoms in total. The fourth-order valence-corrected chi connectivity index (χ4v) is 2.86.